The fourth-order valence-corrected chi connectivity index (χ4v) is 1.21. The summed E-state index contributed by atoms with van der Waals surface area (Å²) in [5.74, 6) is 1.49. The minimum Gasteiger partial charge on any atom is -0.486 e. The van der Waals surface area contributed by atoms with Crippen molar-refractivity contribution in [2.45, 2.75) is 18.9 Å². The Labute approximate surface area is 82.1 Å². The Morgan fingerprint density at radius 1 is 1.62 bits per heavy atom. The molecule has 1 aromatic heterocycles. The molecule has 1 saturated carbocycles. The zero-order valence-electron chi connectivity index (χ0n) is 7.38. The number of nitrogens with one attached hydrogen (secondary N) is 1. The first-order valence-electron chi connectivity index (χ1n) is 4.29. The van der Waals surface area contributed by atoms with E-state index in [1.165, 1.54) is 0 Å². The summed E-state index contributed by atoms with van der Waals surface area (Å²) in [7, 11) is 1.82. The van der Waals surface area contributed by atoms with Gasteiger partial charge in [-0.15, -0.1) is 0 Å². The summed E-state index contributed by atoms with van der Waals surface area (Å²) < 4.78 is 5.62. The summed E-state index contributed by atoms with van der Waals surface area (Å²) >= 11 is 5.81. The molecule has 2 rings (SSSR count). The molecule has 4 heteroatoms. The van der Waals surface area contributed by atoms with E-state index < -0.39 is 0 Å². The lowest BCUT2D eigenvalue weighted by molar-refractivity contribution is 0.304. The Kier molecular flexibility index (Phi) is 2.27. The molecule has 0 bridgehead atoms. The van der Waals surface area contributed by atoms with Gasteiger partial charge in [-0.05, 0) is 12.8 Å². The van der Waals surface area contributed by atoms with Gasteiger partial charge in [0.1, 0.15) is 0 Å². The molecular weight excluding hydrogens is 188 g/mol. The van der Waals surface area contributed by atoms with E-state index in [9.17, 15) is 0 Å². The molecule has 1 aromatic rings. The lowest BCUT2D eigenvalue weighted by Crippen LogP contribution is -2.01. The molecule has 1 heterocycles. The number of hydrogen-bond acceptors (Lipinski definition) is 3. The molecule has 13 heavy (non-hydrogen) atoms. The first-order chi connectivity index (χ1) is 6.29. The van der Waals surface area contributed by atoms with Crippen LogP contribution >= 0.6 is 11.6 Å². The third-order valence-electron chi connectivity index (χ3n) is 1.87. The SMILES string of the molecule is CNc1ncc(Cl)cc1OC1CC1. The lowest BCUT2D eigenvalue weighted by atomic mass is 10.4. The van der Waals surface area contributed by atoms with Crippen LogP contribution in [-0.4, -0.2) is 18.1 Å². The molecule has 0 amide bonds. The summed E-state index contributed by atoms with van der Waals surface area (Å²) in [6, 6.07) is 1.79. The normalized spacial score (nSPS) is 15.5. The van der Waals surface area contributed by atoms with Gasteiger partial charge < -0.3 is 10.1 Å². The van der Waals surface area contributed by atoms with Crippen molar-refractivity contribution in [3.05, 3.63) is 17.3 Å². The van der Waals surface area contributed by atoms with E-state index in [-0.39, 0.29) is 0 Å². The summed E-state index contributed by atoms with van der Waals surface area (Å²) in [6.07, 6.45) is 4.24. The van der Waals surface area contributed by atoms with Crippen molar-refractivity contribution in [2.75, 3.05) is 12.4 Å². The van der Waals surface area contributed by atoms with E-state index in [0.29, 0.717) is 11.1 Å². The number of nitrogens with zero attached hydrogens (tertiary/aromatic N) is 1. The standard InChI is InChI=1S/C9H11ClN2O/c1-11-9-8(13-7-2-3-7)4-6(10)5-12-9/h4-5,7H,2-3H2,1H3,(H,11,12). The second kappa shape index (κ2) is 3.42. The highest BCUT2D eigenvalue weighted by atomic mass is 35.5. The van der Waals surface area contributed by atoms with Crippen molar-refractivity contribution in [1.82, 2.24) is 4.98 Å². The van der Waals surface area contributed by atoms with Crippen LogP contribution in [0.2, 0.25) is 5.02 Å². The second-order valence-electron chi connectivity index (χ2n) is 3.07. The Morgan fingerprint density at radius 3 is 3.00 bits per heavy atom. The first-order valence-corrected chi connectivity index (χ1v) is 4.67. The summed E-state index contributed by atoms with van der Waals surface area (Å²) in [5, 5.41) is 3.57. The number of anilines is 1. The van der Waals surface area contributed by atoms with Crippen LogP contribution in [0.4, 0.5) is 5.82 Å². The highest BCUT2D eigenvalue weighted by Gasteiger charge is 2.24. The maximum absolute atomic E-state index is 5.81. The summed E-state index contributed by atoms with van der Waals surface area (Å²) in [4.78, 5) is 4.11. The maximum Gasteiger partial charge on any atom is 0.168 e. The minimum atomic E-state index is 0.368. The third kappa shape index (κ3) is 2.04. The molecule has 1 aliphatic rings. The van der Waals surface area contributed by atoms with Crippen LogP contribution in [0.1, 0.15) is 12.8 Å². The van der Waals surface area contributed by atoms with Crippen LogP contribution in [0.15, 0.2) is 12.3 Å². The van der Waals surface area contributed by atoms with Crippen molar-refractivity contribution in [3.63, 3.8) is 0 Å². The van der Waals surface area contributed by atoms with Crippen molar-refractivity contribution in [2.24, 2.45) is 0 Å². The third-order valence-corrected chi connectivity index (χ3v) is 2.08. The van der Waals surface area contributed by atoms with Gasteiger partial charge in [-0.2, -0.15) is 0 Å². The van der Waals surface area contributed by atoms with Gasteiger partial charge in [-0.3, -0.25) is 0 Å². The van der Waals surface area contributed by atoms with Gasteiger partial charge in [0.05, 0.1) is 11.1 Å². The molecule has 0 spiro atoms. The van der Waals surface area contributed by atoms with Gasteiger partial charge in [0.15, 0.2) is 11.6 Å². The molecule has 0 atom stereocenters. The van der Waals surface area contributed by atoms with Crippen LogP contribution in [-0.2, 0) is 0 Å². The quantitative estimate of drug-likeness (QED) is 0.810. The Bertz CT molecular complexity index is 312. The molecule has 0 saturated heterocycles. The molecule has 1 fully saturated rings. The van der Waals surface area contributed by atoms with E-state index in [1.54, 1.807) is 12.3 Å². The van der Waals surface area contributed by atoms with Gasteiger partial charge in [-0.1, -0.05) is 11.6 Å². The molecule has 70 valence electrons. The fourth-order valence-electron chi connectivity index (χ4n) is 1.06. The summed E-state index contributed by atoms with van der Waals surface area (Å²) in [5.41, 5.74) is 0. The van der Waals surface area contributed by atoms with E-state index in [1.807, 2.05) is 7.05 Å². The lowest BCUT2D eigenvalue weighted by Gasteiger charge is -2.09. The Balaban J connectivity index is 2.22. The average Bonchev–Trinajstić information content (AvgIpc) is 2.89. The van der Waals surface area contributed by atoms with Crippen LogP contribution in [0, 0.1) is 0 Å². The zero-order chi connectivity index (χ0) is 9.26. The van der Waals surface area contributed by atoms with E-state index in [0.717, 1.165) is 24.4 Å². The van der Waals surface area contributed by atoms with Gasteiger partial charge in [0.2, 0.25) is 0 Å². The Hall–Kier alpha value is -0.960. The number of rotatable bonds is 3. The molecule has 1 aliphatic carbocycles. The molecule has 1 N–H and O–H groups in total. The van der Waals surface area contributed by atoms with Gasteiger partial charge >= 0.3 is 0 Å². The molecular formula is C9H11ClN2O. The highest BCUT2D eigenvalue weighted by molar-refractivity contribution is 6.30. The van der Waals surface area contributed by atoms with Gasteiger partial charge in [0, 0.05) is 19.3 Å². The smallest absolute Gasteiger partial charge is 0.168 e. The highest BCUT2D eigenvalue weighted by Crippen LogP contribution is 2.32. The summed E-state index contributed by atoms with van der Waals surface area (Å²) in [6.45, 7) is 0. The molecule has 0 unspecified atom stereocenters. The van der Waals surface area contributed by atoms with Crippen LogP contribution in [0.5, 0.6) is 5.75 Å². The molecule has 0 aromatic carbocycles. The van der Waals surface area contributed by atoms with E-state index in [2.05, 4.69) is 10.3 Å². The zero-order valence-corrected chi connectivity index (χ0v) is 8.14. The van der Waals surface area contributed by atoms with Crippen molar-refractivity contribution in [1.29, 1.82) is 0 Å². The largest absolute Gasteiger partial charge is 0.486 e. The molecule has 3 nitrogen and oxygen atoms in total. The topological polar surface area (TPSA) is 34.2 Å². The number of ether oxygens (including phenoxy) is 1. The van der Waals surface area contributed by atoms with Crippen LogP contribution in [0.3, 0.4) is 0 Å². The molecule has 0 aliphatic heterocycles. The van der Waals surface area contributed by atoms with Crippen molar-refractivity contribution in [3.8, 4) is 5.75 Å². The number of halogens is 1. The number of hydrogen-bond donors (Lipinski definition) is 1. The minimum absolute atomic E-state index is 0.368. The van der Waals surface area contributed by atoms with Crippen LogP contribution in [0.25, 0.3) is 0 Å². The number of pyridine rings is 1. The second-order valence-corrected chi connectivity index (χ2v) is 3.50. The van der Waals surface area contributed by atoms with Crippen molar-refractivity contribution < 1.29 is 4.74 Å². The molecule has 0 radical (unpaired) electrons. The maximum atomic E-state index is 5.81. The Morgan fingerprint density at radius 2 is 2.38 bits per heavy atom. The average molecular weight is 199 g/mol. The monoisotopic (exact) mass is 198 g/mol. The van der Waals surface area contributed by atoms with Crippen molar-refractivity contribution >= 4 is 17.4 Å². The predicted molar refractivity (Wildman–Crippen MR) is 52.4 cm³/mol. The predicted octanol–water partition coefficient (Wildman–Crippen LogP) is 2.32. The van der Waals surface area contributed by atoms with E-state index >= 15 is 0 Å². The van der Waals surface area contributed by atoms with E-state index in [4.69, 9.17) is 16.3 Å². The van der Waals surface area contributed by atoms with Gasteiger partial charge in [-0.25, -0.2) is 4.98 Å². The van der Waals surface area contributed by atoms with Crippen LogP contribution < -0.4 is 10.1 Å². The fraction of sp³-hybridized carbons (Fsp3) is 0.444. The van der Waals surface area contributed by atoms with Gasteiger partial charge in [0.25, 0.3) is 0 Å². The first kappa shape index (κ1) is 8.63. The number of aromatic nitrogens is 1.